The van der Waals surface area contributed by atoms with Crippen molar-refractivity contribution >= 4 is 5.84 Å². The van der Waals surface area contributed by atoms with E-state index in [2.05, 4.69) is 46.5 Å². The van der Waals surface area contributed by atoms with Crippen molar-refractivity contribution in [2.75, 3.05) is 26.7 Å². The highest BCUT2D eigenvalue weighted by atomic mass is 15.2. The molecular formula is C15H21N3. The molecule has 2 aliphatic rings. The molecule has 0 aromatic heterocycles. The highest BCUT2D eigenvalue weighted by molar-refractivity contribution is 6.01. The smallest absolute Gasteiger partial charge is 0.131 e. The summed E-state index contributed by atoms with van der Waals surface area (Å²) in [5.74, 6) is 1.16. The second-order valence-corrected chi connectivity index (χ2v) is 5.22. The van der Waals surface area contributed by atoms with Crippen molar-refractivity contribution in [3.05, 3.63) is 35.4 Å². The number of hydrogen-bond acceptors (Lipinski definition) is 3. The predicted octanol–water partition coefficient (Wildman–Crippen LogP) is 2.19. The second-order valence-electron chi connectivity index (χ2n) is 5.22. The SMILES string of the molecule is CN1CCN=C1c1ccccc1C1CCCCN1. The van der Waals surface area contributed by atoms with Crippen molar-refractivity contribution < 1.29 is 0 Å². The molecule has 1 aromatic carbocycles. The number of amidine groups is 1. The number of hydrogen-bond donors (Lipinski definition) is 1. The van der Waals surface area contributed by atoms with Crippen LogP contribution in [0.2, 0.25) is 0 Å². The molecule has 3 nitrogen and oxygen atoms in total. The van der Waals surface area contributed by atoms with E-state index >= 15 is 0 Å². The Labute approximate surface area is 109 Å². The lowest BCUT2D eigenvalue weighted by Crippen LogP contribution is -2.30. The Morgan fingerprint density at radius 1 is 1.28 bits per heavy atom. The molecule has 0 saturated carbocycles. The molecule has 1 unspecified atom stereocenters. The fraction of sp³-hybridized carbons (Fsp3) is 0.533. The molecule has 1 saturated heterocycles. The number of aliphatic imine (C=N–C) groups is 1. The fourth-order valence-corrected chi connectivity index (χ4v) is 2.95. The van der Waals surface area contributed by atoms with Crippen LogP contribution in [0, 0.1) is 0 Å². The number of benzene rings is 1. The van der Waals surface area contributed by atoms with E-state index in [4.69, 9.17) is 0 Å². The van der Waals surface area contributed by atoms with E-state index in [0.29, 0.717) is 6.04 Å². The molecule has 0 spiro atoms. The van der Waals surface area contributed by atoms with Crippen molar-refractivity contribution in [2.45, 2.75) is 25.3 Å². The monoisotopic (exact) mass is 243 g/mol. The van der Waals surface area contributed by atoms with Gasteiger partial charge in [0.1, 0.15) is 5.84 Å². The highest BCUT2D eigenvalue weighted by Gasteiger charge is 2.22. The first-order chi connectivity index (χ1) is 8.86. The van der Waals surface area contributed by atoms with Gasteiger partial charge in [-0.2, -0.15) is 0 Å². The molecule has 3 heteroatoms. The van der Waals surface area contributed by atoms with E-state index in [1.54, 1.807) is 0 Å². The molecule has 0 bridgehead atoms. The molecule has 1 aromatic rings. The average molecular weight is 243 g/mol. The Hall–Kier alpha value is -1.35. The molecule has 0 aliphatic carbocycles. The van der Waals surface area contributed by atoms with Crippen LogP contribution in [0.15, 0.2) is 29.3 Å². The van der Waals surface area contributed by atoms with Gasteiger partial charge in [-0.3, -0.25) is 4.99 Å². The molecule has 2 aliphatic heterocycles. The van der Waals surface area contributed by atoms with Crippen LogP contribution in [0.4, 0.5) is 0 Å². The van der Waals surface area contributed by atoms with Gasteiger partial charge < -0.3 is 10.2 Å². The van der Waals surface area contributed by atoms with E-state index < -0.39 is 0 Å². The van der Waals surface area contributed by atoms with Gasteiger partial charge in [0.15, 0.2) is 0 Å². The summed E-state index contributed by atoms with van der Waals surface area (Å²) < 4.78 is 0. The Morgan fingerprint density at radius 3 is 2.89 bits per heavy atom. The van der Waals surface area contributed by atoms with E-state index in [0.717, 1.165) is 25.5 Å². The maximum Gasteiger partial charge on any atom is 0.131 e. The van der Waals surface area contributed by atoms with Gasteiger partial charge in [-0.05, 0) is 24.9 Å². The lowest BCUT2D eigenvalue weighted by atomic mass is 9.93. The van der Waals surface area contributed by atoms with Gasteiger partial charge in [0.05, 0.1) is 6.54 Å². The Kier molecular flexibility index (Phi) is 3.33. The van der Waals surface area contributed by atoms with Gasteiger partial charge in [0.2, 0.25) is 0 Å². The van der Waals surface area contributed by atoms with Gasteiger partial charge in [-0.25, -0.2) is 0 Å². The minimum Gasteiger partial charge on any atom is -0.358 e. The van der Waals surface area contributed by atoms with Crippen molar-refractivity contribution in [3.63, 3.8) is 0 Å². The molecule has 1 N–H and O–H groups in total. The third kappa shape index (κ3) is 2.15. The summed E-state index contributed by atoms with van der Waals surface area (Å²) in [7, 11) is 2.14. The summed E-state index contributed by atoms with van der Waals surface area (Å²) in [6.45, 7) is 3.11. The fourth-order valence-electron chi connectivity index (χ4n) is 2.95. The maximum absolute atomic E-state index is 4.66. The zero-order valence-corrected chi connectivity index (χ0v) is 11.0. The summed E-state index contributed by atoms with van der Waals surface area (Å²) in [6, 6.07) is 9.24. The lowest BCUT2D eigenvalue weighted by molar-refractivity contribution is 0.411. The van der Waals surface area contributed by atoms with Crippen molar-refractivity contribution in [1.29, 1.82) is 0 Å². The minimum absolute atomic E-state index is 0.506. The Balaban J connectivity index is 1.94. The first-order valence-corrected chi connectivity index (χ1v) is 6.94. The number of likely N-dealkylation sites (N-methyl/N-ethyl adjacent to an activating group) is 1. The van der Waals surface area contributed by atoms with Crippen molar-refractivity contribution in [1.82, 2.24) is 10.2 Å². The van der Waals surface area contributed by atoms with E-state index in [9.17, 15) is 0 Å². The quantitative estimate of drug-likeness (QED) is 0.862. The van der Waals surface area contributed by atoms with Crippen LogP contribution >= 0.6 is 0 Å². The maximum atomic E-state index is 4.66. The van der Waals surface area contributed by atoms with Crippen LogP contribution in [0.25, 0.3) is 0 Å². The zero-order chi connectivity index (χ0) is 12.4. The van der Waals surface area contributed by atoms with Crippen LogP contribution in [0.3, 0.4) is 0 Å². The number of piperidine rings is 1. The van der Waals surface area contributed by atoms with Gasteiger partial charge in [-0.15, -0.1) is 0 Å². The summed E-state index contributed by atoms with van der Waals surface area (Å²) in [6.07, 6.45) is 3.88. The number of nitrogens with one attached hydrogen (secondary N) is 1. The molecular weight excluding hydrogens is 222 g/mol. The molecule has 1 atom stereocenters. The predicted molar refractivity (Wildman–Crippen MR) is 75.1 cm³/mol. The number of nitrogens with zero attached hydrogens (tertiary/aromatic N) is 2. The second kappa shape index (κ2) is 5.11. The summed E-state index contributed by atoms with van der Waals surface area (Å²) in [5.41, 5.74) is 2.74. The molecule has 96 valence electrons. The first-order valence-electron chi connectivity index (χ1n) is 6.94. The molecule has 3 rings (SSSR count). The molecule has 0 radical (unpaired) electrons. The Bertz CT molecular complexity index is 447. The van der Waals surface area contributed by atoms with Gasteiger partial charge >= 0.3 is 0 Å². The third-order valence-electron chi connectivity index (χ3n) is 3.95. The molecule has 0 amide bonds. The van der Waals surface area contributed by atoms with Crippen LogP contribution in [-0.2, 0) is 0 Å². The van der Waals surface area contributed by atoms with Crippen molar-refractivity contribution in [2.24, 2.45) is 4.99 Å². The standard InChI is InChI=1S/C15H21N3/c1-18-11-10-17-15(18)13-7-3-2-6-12(13)14-8-4-5-9-16-14/h2-3,6-7,14,16H,4-5,8-11H2,1H3. The van der Waals surface area contributed by atoms with Crippen LogP contribution in [-0.4, -0.2) is 37.4 Å². The van der Waals surface area contributed by atoms with Crippen LogP contribution in [0.1, 0.15) is 36.4 Å². The van der Waals surface area contributed by atoms with Crippen LogP contribution < -0.4 is 5.32 Å². The molecule has 1 fully saturated rings. The van der Waals surface area contributed by atoms with Crippen LogP contribution in [0.5, 0.6) is 0 Å². The van der Waals surface area contributed by atoms with E-state index in [1.807, 2.05) is 0 Å². The third-order valence-corrected chi connectivity index (χ3v) is 3.95. The molecule has 2 heterocycles. The highest BCUT2D eigenvalue weighted by Crippen LogP contribution is 2.27. The first kappa shape index (κ1) is 11.7. The minimum atomic E-state index is 0.506. The molecule has 18 heavy (non-hydrogen) atoms. The van der Waals surface area contributed by atoms with Gasteiger partial charge in [0.25, 0.3) is 0 Å². The van der Waals surface area contributed by atoms with E-state index in [-0.39, 0.29) is 0 Å². The van der Waals surface area contributed by atoms with Gasteiger partial charge in [-0.1, -0.05) is 30.7 Å². The average Bonchev–Trinajstić information content (AvgIpc) is 2.86. The Morgan fingerprint density at radius 2 is 2.17 bits per heavy atom. The summed E-state index contributed by atoms with van der Waals surface area (Å²) in [4.78, 5) is 6.92. The topological polar surface area (TPSA) is 27.6 Å². The van der Waals surface area contributed by atoms with Crippen molar-refractivity contribution in [3.8, 4) is 0 Å². The largest absolute Gasteiger partial charge is 0.358 e. The van der Waals surface area contributed by atoms with Gasteiger partial charge in [0, 0.05) is 25.2 Å². The summed E-state index contributed by atoms with van der Waals surface area (Å²) in [5, 5.41) is 3.64. The normalized spacial score (nSPS) is 24.2. The summed E-state index contributed by atoms with van der Waals surface area (Å²) >= 11 is 0. The zero-order valence-electron chi connectivity index (χ0n) is 11.0. The van der Waals surface area contributed by atoms with E-state index in [1.165, 1.54) is 30.4 Å². The number of rotatable bonds is 2. The lowest BCUT2D eigenvalue weighted by Gasteiger charge is -2.27.